The monoisotopic (exact) mass is 264 g/mol. The molecule has 4 nitrogen and oxygen atoms in total. The van der Waals surface area contributed by atoms with E-state index in [1.54, 1.807) is 0 Å². The van der Waals surface area contributed by atoms with Crippen molar-refractivity contribution in [3.8, 4) is 0 Å². The van der Waals surface area contributed by atoms with Gasteiger partial charge < -0.3 is 9.29 Å². The zero-order valence-corrected chi connectivity index (χ0v) is 12.6. The van der Waals surface area contributed by atoms with Gasteiger partial charge >= 0.3 is 29.6 Å². The van der Waals surface area contributed by atoms with Crippen molar-refractivity contribution in [3.63, 3.8) is 0 Å². The first-order chi connectivity index (χ1) is 7.06. The molecule has 16 heavy (non-hydrogen) atoms. The predicted octanol–water partition coefficient (Wildman–Crippen LogP) is -1.53. The zero-order chi connectivity index (χ0) is 11.6. The van der Waals surface area contributed by atoms with Gasteiger partial charge in [-0.3, -0.25) is 4.39 Å². The van der Waals surface area contributed by atoms with E-state index in [1.807, 2.05) is 0 Å². The fourth-order valence-electron chi connectivity index (χ4n) is 1.09. The molecule has 0 bridgehead atoms. The van der Waals surface area contributed by atoms with Gasteiger partial charge in [0.1, 0.15) is 0 Å². The molecule has 0 unspecified atom stereocenters. The fourth-order valence-corrected chi connectivity index (χ4v) is 1.56. The summed E-state index contributed by atoms with van der Waals surface area (Å²) in [7, 11) is -4.10. The molecule has 0 amide bonds. The van der Waals surface area contributed by atoms with Gasteiger partial charge in [-0.05, 0) is 19.3 Å². The second kappa shape index (κ2) is 12.3. The van der Waals surface area contributed by atoms with Crippen molar-refractivity contribution in [2.24, 2.45) is 0 Å². The summed E-state index contributed by atoms with van der Waals surface area (Å²) in [6.07, 6.45) is 3.47. The first kappa shape index (κ1) is 19.1. The van der Waals surface area contributed by atoms with Gasteiger partial charge in [0, 0.05) is 19.0 Å². The van der Waals surface area contributed by atoms with E-state index in [9.17, 15) is 17.4 Å². The number of hydrogen-bond donors (Lipinski definition) is 0. The van der Waals surface area contributed by atoms with Gasteiger partial charge in [-0.25, -0.2) is 8.42 Å². The van der Waals surface area contributed by atoms with Crippen molar-refractivity contribution in [1.29, 1.82) is 0 Å². The number of halogens is 1. The molecule has 0 aromatic rings. The van der Waals surface area contributed by atoms with Gasteiger partial charge in [-0.15, -0.1) is 0 Å². The average molecular weight is 264 g/mol. The van der Waals surface area contributed by atoms with Crippen LogP contribution in [0.2, 0.25) is 0 Å². The van der Waals surface area contributed by atoms with Gasteiger partial charge in [0.05, 0.1) is 16.8 Å². The van der Waals surface area contributed by atoms with Crippen LogP contribution in [0.4, 0.5) is 4.39 Å². The molecule has 92 valence electrons. The minimum atomic E-state index is -4.10. The van der Waals surface area contributed by atoms with Crippen LogP contribution in [0.1, 0.15) is 32.1 Å². The van der Waals surface area contributed by atoms with Crippen LogP contribution in [0, 0.1) is 0 Å². The minimum Gasteiger partial charge on any atom is -0.748 e. The maximum absolute atomic E-state index is 11.7. The molecular weight excluding hydrogens is 246 g/mol. The first-order valence-corrected chi connectivity index (χ1v) is 6.71. The van der Waals surface area contributed by atoms with Crippen LogP contribution in [0.15, 0.2) is 0 Å². The first-order valence-electron chi connectivity index (χ1n) is 5.13. The van der Waals surface area contributed by atoms with E-state index in [-0.39, 0.29) is 48.4 Å². The number of unbranched alkanes of at least 4 members (excludes halogenated alkanes) is 3. The van der Waals surface area contributed by atoms with Crippen LogP contribution in [-0.4, -0.2) is 38.6 Å². The standard InChI is InChI=1S/C9H19FO4S.Na/c10-6-3-1-2-4-7-14-8-5-9-15(11,12)13;/h1-9H2,(H,11,12,13);/q;+1/p-1. The molecule has 0 heterocycles. The van der Waals surface area contributed by atoms with Crippen molar-refractivity contribution < 1.29 is 51.7 Å². The average Bonchev–Trinajstić information content (AvgIpc) is 2.14. The topological polar surface area (TPSA) is 66.4 Å². The molecule has 7 heteroatoms. The maximum atomic E-state index is 11.7. The summed E-state index contributed by atoms with van der Waals surface area (Å²) in [6.45, 7) is 0.567. The van der Waals surface area contributed by atoms with Gasteiger partial charge in [0.25, 0.3) is 0 Å². The van der Waals surface area contributed by atoms with Gasteiger partial charge in [0.2, 0.25) is 0 Å². The van der Waals surface area contributed by atoms with E-state index in [0.29, 0.717) is 19.6 Å². The van der Waals surface area contributed by atoms with Crippen molar-refractivity contribution >= 4 is 10.1 Å². The summed E-state index contributed by atoms with van der Waals surface area (Å²) >= 11 is 0. The van der Waals surface area contributed by atoms with Crippen LogP contribution in [0.3, 0.4) is 0 Å². The minimum absolute atomic E-state index is 0. The third kappa shape index (κ3) is 17.2. The second-order valence-electron chi connectivity index (χ2n) is 3.33. The molecule has 0 fully saturated rings. The molecule has 0 aromatic heterocycles. The van der Waals surface area contributed by atoms with Crippen LogP contribution in [0.25, 0.3) is 0 Å². The van der Waals surface area contributed by atoms with E-state index in [1.165, 1.54) is 0 Å². The molecule has 0 aliphatic heterocycles. The third-order valence-corrected chi connectivity index (χ3v) is 2.64. The van der Waals surface area contributed by atoms with Crippen molar-refractivity contribution in [3.05, 3.63) is 0 Å². The Kier molecular flexibility index (Phi) is 14.7. The number of rotatable bonds is 10. The van der Waals surface area contributed by atoms with Gasteiger partial charge in [-0.1, -0.05) is 12.8 Å². The largest absolute Gasteiger partial charge is 1.00 e. The van der Waals surface area contributed by atoms with Crippen molar-refractivity contribution in [2.45, 2.75) is 32.1 Å². The Balaban J connectivity index is 0. The molecule has 0 rings (SSSR count). The van der Waals surface area contributed by atoms with E-state index < -0.39 is 10.1 Å². The fraction of sp³-hybridized carbons (Fsp3) is 1.00. The van der Waals surface area contributed by atoms with E-state index in [4.69, 9.17) is 4.74 Å². The van der Waals surface area contributed by atoms with E-state index in [0.717, 1.165) is 19.3 Å². The molecule has 0 radical (unpaired) electrons. The van der Waals surface area contributed by atoms with E-state index >= 15 is 0 Å². The molecular formula is C9H18FNaO4S. The Hall–Kier alpha value is 0.800. The SMILES string of the molecule is O=S(=O)([O-])CCCOCCCCCCF.[Na+]. The summed E-state index contributed by atoms with van der Waals surface area (Å²) in [5.74, 6) is -0.366. The number of alkyl halides is 1. The molecule has 0 saturated heterocycles. The maximum Gasteiger partial charge on any atom is 1.00 e. The van der Waals surface area contributed by atoms with Crippen LogP contribution in [-0.2, 0) is 14.9 Å². The zero-order valence-electron chi connectivity index (χ0n) is 9.78. The number of hydrogen-bond acceptors (Lipinski definition) is 4. The Morgan fingerprint density at radius 1 is 1.00 bits per heavy atom. The molecule has 0 aromatic carbocycles. The van der Waals surface area contributed by atoms with Crippen molar-refractivity contribution in [1.82, 2.24) is 0 Å². The van der Waals surface area contributed by atoms with Gasteiger partial charge in [0.15, 0.2) is 0 Å². The quantitative estimate of drug-likeness (QED) is 0.273. The molecule has 0 aliphatic carbocycles. The van der Waals surface area contributed by atoms with Crippen LogP contribution >= 0.6 is 0 Å². The summed E-state index contributed by atoms with van der Waals surface area (Å²) in [5.41, 5.74) is 0. The molecule has 0 atom stereocenters. The van der Waals surface area contributed by atoms with Crippen molar-refractivity contribution in [2.75, 3.05) is 25.6 Å². The van der Waals surface area contributed by atoms with Gasteiger partial charge in [-0.2, -0.15) is 0 Å². The number of ether oxygens (including phenoxy) is 1. The predicted molar refractivity (Wildman–Crippen MR) is 54.4 cm³/mol. The molecule has 0 aliphatic rings. The summed E-state index contributed by atoms with van der Waals surface area (Å²) in [6, 6.07) is 0. The molecule has 0 spiro atoms. The summed E-state index contributed by atoms with van der Waals surface area (Å²) < 4.78 is 47.4. The molecule has 0 N–H and O–H groups in total. The Labute approximate surface area is 119 Å². The Morgan fingerprint density at radius 3 is 2.12 bits per heavy atom. The Morgan fingerprint density at radius 2 is 1.56 bits per heavy atom. The smallest absolute Gasteiger partial charge is 0.748 e. The normalized spacial score (nSPS) is 11.1. The van der Waals surface area contributed by atoms with Crippen LogP contribution in [0.5, 0.6) is 0 Å². The van der Waals surface area contributed by atoms with Crippen LogP contribution < -0.4 is 29.6 Å². The van der Waals surface area contributed by atoms with E-state index in [2.05, 4.69) is 0 Å². The summed E-state index contributed by atoms with van der Waals surface area (Å²) in [4.78, 5) is 0. The summed E-state index contributed by atoms with van der Waals surface area (Å²) in [5, 5.41) is 0. The molecule has 0 saturated carbocycles. The second-order valence-corrected chi connectivity index (χ2v) is 4.85. The Bertz CT molecular complexity index is 234. The third-order valence-electron chi connectivity index (χ3n) is 1.86.